The van der Waals surface area contributed by atoms with Crippen LogP contribution in [0.4, 0.5) is 24.7 Å². The summed E-state index contributed by atoms with van der Waals surface area (Å²) in [5, 5.41) is 12.8. The number of anilines is 1. The highest BCUT2D eigenvalue weighted by atomic mass is 35.5. The summed E-state index contributed by atoms with van der Waals surface area (Å²) in [6, 6.07) is 4.92. The number of thioether (sulfide) groups is 1. The van der Waals surface area contributed by atoms with Gasteiger partial charge in [-0.15, -0.1) is 11.3 Å². The summed E-state index contributed by atoms with van der Waals surface area (Å²) < 4.78 is 38.9. The molecular formula is C15H8ClF3N4O3S2. The van der Waals surface area contributed by atoms with Gasteiger partial charge in [0.05, 0.1) is 31.5 Å². The number of aromatic nitrogens is 2. The van der Waals surface area contributed by atoms with E-state index < -0.39 is 22.6 Å². The molecule has 0 saturated carbocycles. The van der Waals surface area contributed by atoms with Gasteiger partial charge < -0.3 is 5.32 Å². The topological polar surface area (TPSA) is 98.0 Å². The Morgan fingerprint density at radius 1 is 1.36 bits per heavy atom. The number of non-ortho nitro benzene ring substituents is 1. The fourth-order valence-electron chi connectivity index (χ4n) is 2.05. The second-order valence-electron chi connectivity index (χ2n) is 5.28. The van der Waals surface area contributed by atoms with Crippen LogP contribution < -0.4 is 5.32 Å². The van der Waals surface area contributed by atoms with Crippen molar-refractivity contribution in [1.82, 2.24) is 9.97 Å². The molecule has 0 aliphatic rings. The van der Waals surface area contributed by atoms with Crippen molar-refractivity contribution in [3.8, 4) is 0 Å². The van der Waals surface area contributed by atoms with E-state index in [4.69, 9.17) is 11.6 Å². The quantitative estimate of drug-likeness (QED) is 0.335. The lowest BCUT2D eigenvalue weighted by atomic mass is 10.3. The standard InChI is InChI=1S/C15H8ClF3N4O3S2/c16-9-3-7(15(17,18)19)5-20-13(9)22-12(24)6-27-14-21-10-2-1-8(23(25)26)4-11(10)28-14/h1-5H,6H2,(H,20,22,24). The number of hydrogen-bond acceptors (Lipinski definition) is 7. The van der Waals surface area contributed by atoms with Crippen molar-refractivity contribution >= 4 is 62.3 Å². The lowest BCUT2D eigenvalue weighted by Crippen LogP contribution is -2.16. The van der Waals surface area contributed by atoms with Gasteiger partial charge in [0.2, 0.25) is 5.91 Å². The molecule has 0 spiro atoms. The number of nitro benzene ring substituents is 1. The molecule has 0 fully saturated rings. The third kappa shape index (κ3) is 4.69. The smallest absolute Gasteiger partial charge is 0.309 e. The maximum atomic E-state index is 12.6. The minimum absolute atomic E-state index is 0.0616. The average Bonchev–Trinajstić information content (AvgIpc) is 3.02. The molecule has 0 bridgehead atoms. The number of nitro groups is 1. The first-order chi connectivity index (χ1) is 13.1. The summed E-state index contributed by atoms with van der Waals surface area (Å²) in [4.78, 5) is 30.1. The molecule has 3 aromatic rings. The summed E-state index contributed by atoms with van der Waals surface area (Å²) in [6.07, 6.45) is -4.01. The average molecular weight is 449 g/mol. The summed E-state index contributed by atoms with van der Waals surface area (Å²) in [5.41, 5.74) is -0.520. The number of fused-ring (bicyclic) bond motifs is 1. The van der Waals surface area contributed by atoms with Crippen LogP contribution in [0.5, 0.6) is 0 Å². The van der Waals surface area contributed by atoms with Crippen LogP contribution in [0.3, 0.4) is 0 Å². The number of amides is 1. The second kappa shape index (κ2) is 7.89. The van der Waals surface area contributed by atoms with Crippen LogP contribution in [-0.4, -0.2) is 26.6 Å². The minimum Gasteiger partial charge on any atom is -0.309 e. The number of thiazole rings is 1. The number of halogens is 4. The number of alkyl halides is 3. The van der Waals surface area contributed by atoms with Crippen molar-refractivity contribution in [2.75, 3.05) is 11.1 Å². The van der Waals surface area contributed by atoms with E-state index in [1.165, 1.54) is 29.5 Å². The van der Waals surface area contributed by atoms with E-state index in [2.05, 4.69) is 15.3 Å². The zero-order valence-electron chi connectivity index (χ0n) is 13.5. The number of nitrogens with one attached hydrogen (secondary N) is 1. The number of nitrogens with zero attached hydrogens (tertiary/aromatic N) is 3. The van der Waals surface area contributed by atoms with Gasteiger partial charge in [-0.3, -0.25) is 14.9 Å². The Morgan fingerprint density at radius 2 is 2.11 bits per heavy atom. The molecule has 0 unspecified atom stereocenters. The molecule has 0 atom stereocenters. The molecule has 0 aliphatic heterocycles. The number of carbonyl (C=O) groups excluding carboxylic acids is 1. The molecule has 1 N–H and O–H groups in total. The Morgan fingerprint density at radius 3 is 2.75 bits per heavy atom. The van der Waals surface area contributed by atoms with E-state index in [1.54, 1.807) is 0 Å². The van der Waals surface area contributed by atoms with Crippen molar-refractivity contribution in [1.29, 1.82) is 0 Å². The van der Waals surface area contributed by atoms with Crippen LogP contribution in [0.1, 0.15) is 5.56 Å². The van der Waals surface area contributed by atoms with Crippen LogP contribution in [0.15, 0.2) is 34.8 Å². The highest BCUT2D eigenvalue weighted by Crippen LogP contribution is 2.33. The second-order valence-corrected chi connectivity index (χ2v) is 7.94. The number of rotatable bonds is 5. The molecular weight excluding hydrogens is 441 g/mol. The molecule has 0 radical (unpaired) electrons. The van der Waals surface area contributed by atoms with E-state index in [1.807, 2.05) is 0 Å². The number of benzene rings is 1. The van der Waals surface area contributed by atoms with Crippen LogP contribution in [0.25, 0.3) is 10.2 Å². The van der Waals surface area contributed by atoms with Gasteiger partial charge in [-0.1, -0.05) is 23.4 Å². The Labute approximate surface area is 168 Å². The summed E-state index contributed by atoms with van der Waals surface area (Å²) >= 11 is 8.00. The van der Waals surface area contributed by atoms with E-state index in [0.717, 1.165) is 11.8 Å². The largest absolute Gasteiger partial charge is 0.417 e. The lowest BCUT2D eigenvalue weighted by molar-refractivity contribution is -0.384. The van der Waals surface area contributed by atoms with E-state index in [-0.39, 0.29) is 22.3 Å². The van der Waals surface area contributed by atoms with Gasteiger partial charge in [0.1, 0.15) is 0 Å². The molecule has 146 valence electrons. The third-order valence-corrected chi connectivity index (χ3v) is 5.77. The number of carbonyl (C=O) groups is 1. The van der Waals surface area contributed by atoms with Gasteiger partial charge in [0.25, 0.3) is 5.69 Å². The predicted molar refractivity (Wildman–Crippen MR) is 99.9 cm³/mol. The Kier molecular flexibility index (Phi) is 5.72. The zero-order chi connectivity index (χ0) is 20.5. The van der Waals surface area contributed by atoms with Crippen molar-refractivity contribution in [2.45, 2.75) is 10.5 Å². The molecule has 3 rings (SSSR count). The highest BCUT2D eigenvalue weighted by Gasteiger charge is 2.31. The summed E-state index contributed by atoms with van der Waals surface area (Å²) in [7, 11) is 0. The Balaban J connectivity index is 1.64. The lowest BCUT2D eigenvalue weighted by Gasteiger charge is -2.09. The monoisotopic (exact) mass is 448 g/mol. The summed E-state index contributed by atoms with van der Waals surface area (Å²) in [5.74, 6) is -0.814. The predicted octanol–water partition coefficient (Wildman–Crippen LogP) is 5.00. The molecule has 2 heterocycles. The fourth-order valence-corrected chi connectivity index (χ4v) is 4.16. The van der Waals surface area contributed by atoms with Gasteiger partial charge in [-0.25, -0.2) is 9.97 Å². The van der Waals surface area contributed by atoms with E-state index in [0.29, 0.717) is 26.8 Å². The van der Waals surface area contributed by atoms with Crippen molar-refractivity contribution in [2.24, 2.45) is 0 Å². The summed E-state index contributed by atoms with van der Waals surface area (Å²) in [6.45, 7) is 0. The first-order valence-corrected chi connectivity index (χ1v) is 9.52. The van der Waals surface area contributed by atoms with Crippen molar-refractivity contribution < 1.29 is 22.9 Å². The van der Waals surface area contributed by atoms with Gasteiger partial charge in [0, 0.05) is 18.3 Å². The first kappa shape index (κ1) is 20.3. The molecule has 28 heavy (non-hydrogen) atoms. The van der Waals surface area contributed by atoms with Gasteiger partial charge in [0.15, 0.2) is 10.2 Å². The van der Waals surface area contributed by atoms with E-state index in [9.17, 15) is 28.1 Å². The van der Waals surface area contributed by atoms with E-state index >= 15 is 0 Å². The maximum Gasteiger partial charge on any atom is 0.417 e. The third-order valence-electron chi connectivity index (χ3n) is 3.32. The first-order valence-electron chi connectivity index (χ1n) is 7.34. The fraction of sp³-hybridized carbons (Fsp3) is 0.133. The van der Waals surface area contributed by atoms with Crippen LogP contribution in [0, 0.1) is 10.1 Å². The highest BCUT2D eigenvalue weighted by molar-refractivity contribution is 8.01. The Bertz CT molecular complexity index is 1070. The van der Waals surface area contributed by atoms with Gasteiger partial charge >= 0.3 is 6.18 Å². The van der Waals surface area contributed by atoms with Crippen molar-refractivity contribution in [3.63, 3.8) is 0 Å². The Hall–Kier alpha value is -2.44. The van der Waals surface area contributed by atoms with Crippen LogP contribution in [0.2, 0.25) is 5.02 Å². The van der Waals surface area contributed by atoms with Gasteiger partial charge in [-0.05, 0) is 12.1 Å². The molecule has 0 aliphatic carbocycles. The normalized spacial score (nSPS) is 11.6. The number of pyridine rings is 1. The van der Waals surface area contributed by atoms with Crippen molar-refractivity contribution in [3.05, 3.63) is 51.2 Å². The SMILES string of the molecule is O=C(CSc1nc2ccc([N+](=O)[O-])cc2s1)Nc1ncc(C(F)(F)F)cc1Cl. The minimum atomic E-state index is -4.59. The number of hydrogen-bond donors (Lipinski definition) is 1. The van der Waals surface area contributed by atoms with Crippen LogP contribution >= 0.6 is 34.7 Å². The molecule has 1 aromatic carbocycles. The molecule has 7 nitrogen and oxygen atoms in total. The molecule has 2 aromatic heterocycles. The molecule has 1 amide bonds. The van der Waals surface area contributed by atoms with Crippen LogP contribution in [-0.2, 0) is 11.0 Å². The maximum absolute atomic E-state index is 12.6. The zero-order valence-corrected chi connectivity index (χ0v) is 15.9. The molecule has 13 heteroatoms. The van der Waals surface area contributed by atoms with Gasteiger partial charge in [-0.2, -0.15) is 13.2 Å². The molecule has 0 saturated heterocycles.